The number of rotatable bonds is 7. The summed E-state index contributed by atoms with van der Waals surface area (Å²) in [5.41, 5.74) is 1.67. The Hall–Kier alpha value is -4.20. The number of anilines is 2. The van der Waals surface area contributed by atoms with Crippen LogP contribution in [0.2, 0.25) is 0 Å². The van der Waals surface area contributed by atoms with E-state index in [1.54, 1.807) is 18.2 Å². The molecule has 0 spiro atoms. The highest BCUT2D eigenvalue weighted by atomic mass is 16.6. The van der Waals surface area contributed by atoms with Crippen LogP contribution in [0.4, 0.5) is 17.1 Å². The number of hydrogen-bond acceptors (Lipinski definition) is 6. The Labute approximate surface area is 171 Å². The fourth-order valence-corrected chi connectivity index (χ4v) is 3.08. The topological polar surface area (TPSA) is 119 Å². The van der Waals surface area contributed by atoms with Gasteiger partial charge in [0.25, 0.3) is 5.69 Å². The molecule has 0 bridgehead atoms. The summed E-state index contributed by atoms with van der Waals surface area (Å²) in [6, 6.07) is 18.2. The van der Waals surface area contributed by atoms with Gasteiger partial charge in [0.15, 0.2) is 0 Å². The second kappa shape index (κ2) is 8.87. The molecule has 3 aromatic carbocycles. The molecule has 0 aliphatic carbocycles. The molecule has 0 amide bonds. The van der Waals surface area contributed by atoms with Crippen molar-refractivity contribution in [2.75, 3.05) is 12.4 Å². The van der Waals surface area contributed by atoms with E-state index in [1.165, 1.54) is 19.2 Å². The van der Waals surface area contributed by atoms with Crippen molar-refractivity contribution in [3.8, 4) is 0 Å². The summed E-state index contributed by atoms with van der Waals surface area (Å²) in [7, 11) is 1.26. The summed E-state index contributed by atoms with van der Waals surface area (Å²) in [5, 5.41) is 23.4. The molecule has 0 aliphatic rings. The molecule has 152 valence electrons. The second-order valence-electron chi connectivity index (χ2n) is 6.41. The van der Waals surface area contributed by atoms with Gasteiger partial charge in [0.05, 0.1) is 28.8 Å². The fourth-order valence-electron chi connectivity index (χ4n) is 3.08. The van der Waals surface area contributed by atoms with E-state index in [2.05, 4.69) is 5.32 Å². The molecule has 3 rings (SSSR count). The highest BCUT2D eigenvalue weighted by molar-refractivity contribution is 5.99. The number of hydrogen-bond donors (Lipinski definition) is 2. The third kappa shape index (κ3) is 4.44. The molecule has 30 heavy (non-hydrogen) atoms. The minimum atomic E-state index is -1.27. The molecule has 8 nitrogen and oxygen atoms in total. The van der Waals surface area contributed by atoms with Crippen molar-refractivity contribution in [2.24, 2.45) is 0 Å². The lowest BCUT2D eigenvalue weighted by Gasteiger charge is -2.15. The number of benzene rings is 3. The van der Waals surface area contributed by atoms with E-state index < -0.39 is 22.5 Å². The predicted octanol–water partition coefficient (Wildman–Crippen LogP) is 4.41. The average Bonchev–Trinajstić information content (AvgIpc) is 2.74. The summed E-state index contributed by atoms with van der Waals surface area (Å²) in [6.07, 6.45) is 0.459. The van der Waals surface area contributed by atoms with Gasteiger partial charge in [-0.2, -0.15) is 0 Å². The van der Waals surface area contributed by atoms with Crippen LogP contribution in [0.25, 0.3) is 0 Å². The number of carbonyl (C=O) groups excluding carboxylic acids is 1. The molecule has 0 fully saturated rings. The number of nitro benzene ring substituents is 1. The van der Waals surface area contributed by atoms with Gasteiger partial charge in [0.1, 0.15) is 5.69 Å². The second-order valence-corrected chi connectivity index (χ2v) is 6.41. The maximum Gasteiger partial charge on any atom is 0.340 e. The monoisotopic (exact) mass is 406 g/mol. The fraction of sp³-hybridized carbons (Fsp3) is 0.0909. The molecule has 0 saturated heterocycles. The van der Waals surface area contributed by atoms with Gasteiger partial charge in [-0.15, -0.1) is 0 Å². The van der Waals surface area contributed by atoms with Gasteiger partial charge in [-0.3, -0.25) is 10.1 Å². The summed E-state index contributed by atoms with van der Waals surface area (Å²) in [6.45, 7) is 0. The molecule has 8 heteroatoms. The Kier molecular flexibility index (Phi) is 6.07. The van der Waals surface area contributed by atoms with Crippen LogP contribution in [0.3, 0.4) is 0 Å². The maximum atomic E-state index is 12.5. The first-order valence-electron chi connectivity index (χ1n) is 8.93. The van der Waals surface area contributed by atoms with Crippen LogP contribution in [-0.2, 0) is 11.2 Å². The van der Waals surface area contributed by atoms with Crippen LogP contribution in [-0.4, -0.2) is 29.1 Å². The van der Waals surface area contributed by atoms with E-state index in [-0.39, 0.29) is 16.8 Å². The Morgan fingerprint density at radius 1 is 1.03 bits per heavy atom. The molecule has 0 aromatic heterocycles. The standard InChI is InChI=1S/C22H18N2O6/c1-30-22(27)20-15(12-14-6-3-2-4-7-14)8-5-9-18(20)23-17-11-10-16(21(25)26)13-19(17)24(28)29/h2-11,13,23H,12H2,1H3,(H,25,26). The minimum absolute atomic E-state index is 0.0621. The highest BCUT2D eigenvalue weighted by Crippen LogP contribution is 2.32. The van der Waals surface area contributed by atoms with Gasteiger partial charge in [-0.1, -0.05) is 42.5 Å². The summed E-state index contributed by atoms with van der Waals surface area (Å²) >= 11 is 0. The summed E-state index contributed by atoms with van der Waals surface area (Å²) in [5.74, 6) is -1.86. The normalized spacial score (nSPS) is 10.3. The maximum absolute atomic E-state index is 12.5. The average molecular weight is 406 g/mol. The largest absolute Gasteiger partial charge is 0.478 e. The number of ether oxygens (including phenoxy) is 1. The molecule has 0 atom stereocenters. The first kappa shape index (κ1) is 20.5. The van der Waals surface area contributed by atoms with Crippen molar-refractivity contribution in [2.45, 2.75) is 6.42 Å². The minimum Gasteiger partial charge on any atom is -0.478 e. The number of nitro groups is 1. The van der Waals surface area contributed by atoms with Crippen LogP contribution in [0.15, 0.2) is 66.7 Å². The van der Waals surface area contributed by atoms with E-state index in [1.807, 2.05) is 30.3 Å². The Morgan fingerprint density at radius 3 is 2.40 bits per heavy atom. The van der Waals surface area contributed by atoms with Gasteiger partial charge in [-0.05, 0) is 35.7 Å². The molecule has 2 N–H and O–H groups in total. The third-order valence-electron chi connectivity index (χ3n) is 4.49. The number of nitrogens with zero attached hydrogens (tertiary/aromatic N) is 1. The van der Waals surface area contributed by atoms with E-state index in [9.17, 15) is 19.7 Å². The highest BCUT2D eigenvalue weighted by Gasteiger charge is 2.22. The van der Waals surface area contributed by atoms with Crippen molar-refractivity contribution < 1.29 is 24.4 Å². The quantitative estimate of drug-likeness (QED) is 0.339. The lowest BCUT2D eigenvalue weighted by atomic mass is 9.98. The molecule has 0 unspecified atom stereocenters. The number of esters is 1. The van der Waals surface area contributed by atoms with Gasteiger partial charge in [-0.25, -0.2) is 9.59 Å². The van der Waals surface area contributed by atoms with E-state index in [0.29, 0.717) is 17.7 Å². The molecule has 0 radical (unpaired) electrons. The van der Waals surface area contributed by atoms with Crippen molar-refractivity contribution in [1.82, 2.24) is 0 Å². The van der Waals surface area contributed by atoms with Crippen LogP contribution in [0, 0.1) is 10.1 Å². The summed E-state index contributed by atoms with van der Waals surface area (Å²) in [4.78, 5) is 34.4. The zero-order chi connectivity index (χ0) is 21.7. The van der Waals surface area contributed by atoms with Crippen molar-refractivity contribution >= 4 is 29.0 Å². The third-order valence-corrected chi connectivity index (χ3v) is 4.49. The van der Waals surface area contributed by atoms with Gasteiger partial charge in [0.2, 0.25) is 0 Å². The smallest absolute Gasteiger partial charge is 0.340 e. The Balaban J connectivity index is 2.06. The zero-order valence-corrected chi connectivity index (χ0v) is 16.0. The van der Waals surface area contributed by atoms with Gasteiger partial charge >= 0.3 is 11.9 Å². The molecule has 0 aliphatic heterocycles. The van der Waals surface area contributed by atoms with E-state index >= 15 is 0 Å². The number of carboxylic acid groups (broad SMARTS) is 1. The van der Waals surface area contributed by atoms with Crippen molar-refractivity contribution in [3.05, 3.63) is 99.1 Å². The lowest BCUT2D eigenvalue weighted by molar-refractivity contribution is -0.383. The molecule has 0 saturated carbocycles. The van der Waals surface area contributed by atoms with Crippen LogP contribution in [0.1, 0.15) is 31.8 Å². The van der Waals surface area contributed by atoms with E-state index in [0.717, 1.165) is 11.6 Å². The predicted molar refractivity (Wildman–Crippen MR) is 110 cm³/mol. The molecule has 0 heterocycles. The number of methoxy groups -OCH3 is 1. The zero-order valence-electron chi connectivity index (χ0n) is 16.0. The van der Waals surface area contributed by atoms with Crippen molar-refractivity contribution in [1.29, 1.82) is 0 Å². The first-order chi connectivity index (χ1) is 14.4. The Bertz CT molecular complexity index is 1110. The number of nitrogens with one attached hydrogen (secondary N) is 1. The van der Waals surface area contributed by atoms with E-state index in [4.69, 9.17) is 9.84 Å². The molecular weight excluding hydrogens is 388 g/mol. The molecular formula is C22H18N2O6. The first-order valence-corrected chi connectivity index (χ1v) is 8.93. The number of carboxylic acids is 1. The van der Waals surface area contributed by atoms with Gasteiger partial charge < -0.3 is 15.2 Å². The number of aromatic carboxylic acids is 1. The van der Waals surface area contributed by atoms with Crippen LogP contribution >= 0.6 is 0 Å². The Morgan fingerprint density at radius 2 is 1.77 bits per heavy atom. The van der Waals surface area contributed by atoms with Crippen molar-refractivity contribution in [3.63, 3.8) is 0 Å². The number of carbonyl (C=O) groups is 2. The van der Waals surface area contributed by atoms with Crippen LogP contribution < -0.4 is 5.32 Å². The SMILES string of the molecule is COC(=O)c1c(Cc2ccccc2)cccc1Nc1ccc(C(=O)O)cc1[N+](=O)[O-]. The lowest BCUT2D eigenvalue weighted by Crippen LogP contribution is -2.11. The van der Waals surface area contributed by atoms with Gasteiger partial charge in [0, 0.05) is 6.07 Å². The molecule has 3 aromatic rings. The van der Waals surface area contributed by atoms with Crippen LogP contribution in [0.5, 0.6) is 0 Å². The summed E-state index contributed by atoms with van der Waals surface area (Å²) < 4.78 is 4.93.